The Morgan fingerprint density at radius 2 is 1.81 bits per heavy atom. The van der Waals surface area contributed by atoms with Crippen molar-refractivity contribution in [2.75, 3.05) is 0 Å². The highest BCUT2D eigenvalue weighted by atomic mass is 28.4. The Balaban J connectivity index is 1.98. The summed E-state index contributed by atoms with van der Waals surface area (Å²) in [6, 6.07) is 12.6. The molecule has 0 bridgehead atoms. The van der Waals surface area contributed by atoms with Crippen LogP contribution in [0.2, 0.25) is 18.1 Å². The second-order valence-electron chi connectivity index (χ2n) is 6.63. The van der Waals surface area contributed by atoms with Crippen LogP contribution >= 0.6 is 0 Å². The SMILES string of the molecule is CC[Si](CC)(CC)O[C@@H]1c2ccccc2C=C2CCC[C@@H]21. The van der Waals surface area contributed by atoms with Crippen molar-refractivity contribution in [3.8, 4) is 0 Å². The normalized spacial score (nSPS) is 24.4. The van der Waals surface area contributed by atoms with Crippen LogP contribution in [0, 0.1) is 5.92 Å². The van der Waals surface area contributed by atoms with Crippen LogP contribution in [-0.4, -0.2) is 8.32 Å². The van der Waals surface area contributed by atoms with E-state index >= 15 is 0 Å². The number of hydrogen-bond donors (Lipinski definition) is 0. The molecule has 2 aliphatic rings. The monoisotopic (exact) mass is 300 g/mol. The van der Waals surface area contributed by atoms with Gasteiger partial charge in [0, 0.05) is 5.92 Å². The maximum absolute atomic E-state index is 6.97. The van der Waals surface area contributed by atoms with Crippen molar-refractivity contribution in [2.24, 2.45) is 5.92 Å². The fraction of sp³-hybridized carbons (Fsp3) is 0.579. The highest BCUT2D eigenvalue weighted by Gasteiger charge is 2.40. The van der Waals surface area contributed by atoms with Gasteiger partial charge in [-0.3, -0.25) is 0 Å². The summed E-state index contributed by atoms with van der Waals surface area (Å²) in [5, 5.41) is 0. The molecule has 114 valence electrons. The largest absolute Gasteiger partial charge is 0.409 e. The van der Waals surface area contributed by atoms with E-state index in [9.17, 15) is 0 Å². The minimum Gasteiger partial charge on any atom is -0.409 e. The number of hydrogen-bond acceptors (Lipinski definition) is 1. The Kier molecular flexibility index (Phi) is 4.37. The molecule has 0 aliphatic heterocycles. The van der Waals surface area contributed by atoms with Gasteiger partial charge >= 0.3 is 0 Å². The lowest BCUT2D eigenvalue weighted by Gasteiger charge is -2.39. The van der Waals surface area contributed by atoms with Crippen molar-refractivity contribution in [2.45, 2.75) is 64.3 Å². The molecule has 2 heteroatoms. The summed E-state index contributed by atoms with van der Waals surface area (Å²) in [6.45, 7) is 7.00. The van der Waals surface area contributed by atoms with E-state index in [2.05, 4.69) is 51.1 Å². The average molecular weight is 301 g/mol. The van der Waals surface area contributed by atoms with E-state index in [0.717, 1.165) is 0 Å². The van der Waals surface area contributed by atoms with Gasteiger partial charge in [0.2, 0.25) is 0 Å². The third kappa shape index (κ3) is 2.64. The Morgan fingerprint density at radius 1 is 1.10 bits per heavy atom. The molecule has 0 heterocycles. The lowest BCUT2D eigenvalue weighted by Crippen LogP contribution is -2.39. The first kappa shape index (κ1) is 15.0. The van der Waals surface area contributed by atoms with Gasteiger partial charge in [0.25, 0.3) is 0 Å². The number of rotatable bonds is 5. The average Bonchev–Trinajstić information content (AvgIpc) is 3.00. The second kappa shape index (κ2) is 6.10. The highest BCUT2D eigenvalue weighted by Crippen LogP contribution is 2.49. The fourth-order valence-corrected chi connectivity index (χ4v) is 6.98. The van der Waals surface area contributed by atoms with Crippen molar-refractivity contribution in [3.05, 3.63) is 41.0 Å². The van der Waals surface area contributed by atoms with E-state index in [1.807, 2.05) is 0 Å². The van der Waals surface area contributed by atoms with Gasteiger partial charge in [0.15, 0.2) is 8.32 Å². The zero-order valence-corrected chi connectivity index (χ0v) is 14.7. The molecule has 2 aliphatic carbocycles. The quantitative estimate of drug-likeness (QED) is 0.611. The lowest BCUT2D eigenvalue weighted by atomic mass is 9.83. The predicted molar refractivity (Wildman–Crippen MR) is 92.8 cm³/mol. The Hall–Kier alpha value is -0.863. The van der Waals surface area contributed by atoms with Crippen LogP contribution in [0.25, 0.3) is 6.08 Å². The molecule has 0 saturated heterocycles. The maximum atomic E-state index is 6.97. The zero-order valence-electron chi connectivity index (χ0n) is 13.7. The molecule has 0 spiro atoms. The van der Waals surface area contributed by atoms with Gasteiger partial charge in [-0.15, -0.1) is 0 Å². The van der Waals surface area contributed by atoms with Crippen molar-refractivity contribution < 1.29 is 4.43 Å². The van der Waals surface area contributed by atoms with Gasteiger partial charge in [-0.1, -0.05) is 56.7 Å². The molecule has 0 unspecified atom stereocenters. The molecule has 21 heavy (non-hydrogen) atoms. The molecule has 1 fully saturated rings. The summed E-state index contributed by atoms with van der Waals surface area (Å²) in [4.78, 5) is 0. The molecule has 1 aromatic rings. The van der Waals surface area contributed by atoms with Crippen LogP contribution in [0.3, 0.4) is 0 Å². The second-order valence-corrected chi connectivity index (χ2v) is 11.4. The van der Waals surface area contributed by atoms with Crippen LogP contribution in [0.1, 0.15) is 57.3 Å². The van der Waals surface area contributed by atoms with E-state index in [1.54, 1.807) is 5.57 Å². The molecule has 0 amide bonds. The van der Waals surface area contributed by atoms with Gasteiger partial charge in [-0.05, 0) is 48.5 Å². The molecule has 1 aromatic carbocycles. The van der Waals surface area contributed by atoms with E-state index in [-0.39, 0.29) is 0 Å². The van der Waals surface area contributed by atoms with E-state index < -0.39 is 8.32 Å². The van der Waals surface area contributed by atoms with Gasteiger partial charge in [-0.25, -0.2) is 0 Å². The third-order valence-electron chi connectivity index (χ3n) is 5.78. The smallest absolute Gasteiger partial charge is 0.192 e. The van der Waals surface area contributed by atoms with Gasteiger partial charge in [0.1, 0.15) is 0 Å². The Labute approximate surface area is 130 Å². The van der Waals surface area contributed by atoms with E-state index in [4.69, 9.17) is 4.43 Å². The first-order valence-electron chi connectivity index (χ1n) is 8.70. The predicted octanol–water partition coefficient (Wildman–Crippen LogP) is 5.95. The van der Waals surface area contributed by atoms with E-state index in [0.29, 0.717) is 12.0 Å². The van der Waals surface area contributed by atoms with Crippen LogP contribution < -0.4 is 0 Å². The minimum atomic E-state index is -1.56. The summed E-state index contributed by atoms with van der Waals surface area (Å²) in [7, 11) is -1.56. The minimum absolute atomic E-state index is 0.329. The van der Waals surface area contributed by atoms with Crippen LogP contribution in [0.5, 0.6) is 0 Å². The zero-order chi connectivity index (χ0) is 14.9. The van der Waals surface area contributed by atoms with Crippen molar-refractivity contribution in [1.82, 2.24) is 0 Å². The molecular weight excluding hydrogens is 272 g/mol. The van der Waals surface area contributed by atoms with Crippen molar-refractivity contribution in [1.29, 1.82) is 0 Å². The van der Waals surface area contributed by atoms with Gasteiger partial charge < -0.3 is 4.43 Å². The maximum Gasteiger partial charge on any atom is 0.192 e. The lowest BCUT2D eigenvalue weighted by molar-refractivity contribution is 0.140. The molecule has 2 atom stereocenters. The summed E-state index contributed by atoms with van der Waals surface area (Å²) < 4.78 is 6.97. The standard InChI is InChI=1S/C19H28OSi/c1-4-21(5-2,6-3)20-19-17-12-8-7-10-15(17)14-16-11-9-13-18(16)19/h7-8,10,12,14,18-19H,4-6,9,11,13H2,1-3H3/t18-,19+/m0/s1. The highest BCUT2D eigenvalue weighted by molar-refractivity contribution is 6.73. The Bertz CT molecular complexity index is 522. The topological polar surface area (TPSA) is 9.23 Å². The molecule has 3 rings (SSSR count). The van der Waals surface area contributed by atoms with Gasteiger partial charge in [0.05, 0.1) is 6.10 Å². The fourth-order valence-electron chi connectivity index (χ4n) is 4.15. The number of fused-ring (bicyclic) bond motifs is 2. The van der Waals surface area contributed by atoms with Crippen molar-refractivity contribution >= 4 is 14.4 Å². The first-order chi connectivity index (χ1) is 10.2. The molecule has 0 N–H and O–H groups in total. The van der Waals surface area contributed by atoms with Crippen molar-refractivity contribution in [3.63, 3.8) is 0 Å². The third-order valence-corrected chi connectivity index (χ3v) is 10.4. The van der Waals surface area contributed by atoms with Gasteiger partial charge in [-0.2, -0.15) is 0 Å². The molecule has 1 nitrogen and oxygen atoms in total. The Morgan fingerprint density at radius 3 is 2.52 bits per heavy atom. The summed E-state index contributed by atoms with van der Waals surface area (Å²) in [5.74, 6) is 0.649. The summed E-state index contributed by atoms with van der Waals surface area (Å²) >= 11 is 0. The molecule has 1 saturated carbocycles. The number of benzene rings is 1. The van der Waals surface area contributed by atoms with Crippen LogP contribution in [0.4, 0.5) is 0 Å². The first-order valence-corrected chi connectivity index (χ1v) is 11.2. The summed E-state index contributed by atoms with van der Waals surface area (Å²) in [6.07, 6.45) is 6.70. The van der Waals surface area contributed by atoms with Crippen LogP contribution in [-0.2, 0) is 4.43 Å². The van der Waals surface area contributed by atoms with Crippen LogP contribution in [0.15, 0.2) is 29.8 Å². The molecule has 0 radical (unpaired) electrons. The summed E-state index contributed by atoms with van der Waals surface area (Å²) in [5.41, 5.74) is 4.49. The molecular formula is C19H28OSi. The molecule has 0 aromatic heterocycles. The van der Waals surface area contributed by atoms with E-state index in [1.165, 1.54) is 48.5 Å².